The number of carbonyl (C=O) groups is 1. The fraction of sp³-hybridized carbons (Fsp3) is 0.761. The molecule has 1 saturated carbocycles. The summed E-state index contributed by atoms with van der Waals surface area (Å²) in [5.41, 5.74) is 0. The third kappa shape index (κ3) is 28.5. The lowest BCUT2D eigenvalue weighted by atomic mass is 9.85. The fourth-order valence-electron chi connectivity index (χ4n) is 6.88. The Kier molecular flexibility index (Phi) is 31.9. The predicted molar refractivity (Wildman–Crippen MR) is 217 cm³/mol. The van der Waals surface area contributed by atoms with Crippen molar-refractivity contribution in [3.63, 3.8) is 0 Å². The summed E-state index contributed by atoms with van der Waals surface area (Å²) in [6.45, 7) is 4.44. The number of unbranched alkanes of at least 4 members (excludes halogenated alkanes) is 15. The normalized spacial score (nSPS) is 18.0. The first-order valence-corrected chi connectivity index (χ1v) is 21.2. The molecular formula is C46H81NO2. The van der Waals surface area contributed by atoms with Gasteiger partial charge in [-0.1, -0.05) is 139 Å². The number of ether oxygens (including phenoxy) is 1. The third-order valence-electron chi connectivity index (χ3n) is 10.2. The summed E-state index contributed by atoms with van der Waals surface area (Å²) in [6.07, 6.45) is 56.8. The van der Waals surface area contributed by atoms with Crippen LogP contribution in [-0.2, 0) is 9.53 Å². The summed E-state index contributed by atoms with van der Waals surface area (Å²) < 4.78 is 6.25. The second kappa shape index (κ2) is 34.6. The van der Waals surface area contributed by atoms with Crippen LogP contribution in [0.1, 0.15) is 194 Å². The highest BCUT2D eigenvalue weighted by Gasteiger charge is 2.29. The van der Waals surface area contributed by atoms with E-state index in [4.69, 9.17) is 4.74 Å². The first-order chi connectivity index (χ1) is 24.1. The van der Waals surface area contributed by atoms with Gasteiger partial charge in [-0.05, 0) is 130 Å². The maximum absolute atomic E-state index is 13.2. The SMILES string of the molecule is CC/C=C\C/C=C\C/C=C\CCCCCCCCC(CCCCCCCC/C=C\C/C=C\CCCCC)OC(=O)C1CCC(N(C)C)CC1. The summed E-state index contributed by atoms with van der Waals surface area (Å²) in [5, 5.41) is 0. The Labute approximate surface area is 306 Å². The van der Waals surface area contributed by atoms with Gasteiger partial charge in [-0.25, -0.2) is 0 Å². The van der Waals surface area contributed by atoms with Crippen molar-refractivity contribution in [1.29, 1.82) is 0 Å². The van der Waals surface area contributed by atoms with Gasteiger partial charge >= 0.3 is 5.97 Å². The van der Waals surface area contributed by atoms with Gasteiger partial charge < -0.3 is 9.64 Å². The lowest BCUT2D eigenvalue weighted by Gasteiger charge is -2.32. The zero-order valence-electron chi connectivity index (χ0n) is 33.1. The van der Waals surface area contributed by atoms with Crippen molar-refractivity contribution in [2.45, 2.75) is 206 Å². The molecule has 0 aromatic rings. The molecule has 1 unspecified atom stereocenters. The number of esters is 1. The van der Waals surface area contributed by atoms with Gasteiger partial charge in [0.05, 0.1) is 5.92 Å². The maximum atomic E-state index is 13.2. The smallest absolute Gasteiger partial charge is 0.309 e. The number of hydrogen-bond acceptors (Lipinski definition) is 3. The second-order valence-electron chi connectivity index (χ2n) is 14.9. The number of carbonyl (C=O) groups excluding carboxylic acids is 1. The topological polar surface area (TPSA) is 29.5 Å². The van der Waals surface area contributed by atoms with Gasteiger partial charge in [-0.15, -0.1) is 0 Å². The first-order valence-electron chi connectivity index (χ1n) is 21.2. The van der Waals surface area contributed by atoms with E-state index >= 15 is 0 Å². The van der Waals surface area contributed by atoms with Crippen LogP contribution in [0.3, 0.4) is 0 Å². The van der Waals surface area contributed by atoms with Crippen LogP contribution in [-0.4, -0.2) is 37.1 Å². The molecule has 0 aromatic heterocycles. The molecule has 0 bridgehead atoms. The average Bonchev–Trinajstić information content (AvgIpc) is 3.11. The molecule has 49 heavy (non-hydrogen) atoms. The molecule has 0 spiro atoms. The van der Waals surface area contributed by atoms with Crippen LogP contribution in [0.25, 0.3) is 0 Å². The van der Waals surface area contributed by atoms with Crippen molar-refractivity contribution < 1.29 is 9.53 Å². The average molecular weight is 680 g/mol. The second-order valence-corrected chi connectivity index (χ2v) is 14.9. The van der Waals surface area contributed by atoms with Gasteiger partial charge in [0.25, 0.3) is 0 Å². The van der Waals surface area contributed by atoms with Crippen LogP contribution in [0.4, 0.5) is 0 Å². The quantitative estimate of drug-likeness (QED) is 0.0403. The summed E-state index contributed by atoms with van der Waals surface area (Å²) in [7, 11) is 4.33. The molecule has 0 aromatic carbocycles. The lowest BCUT2D eigenvalue weighted by Crippen LogP contribution is -2.35. The Morgan fingerprint density at radius 3 is 1.41 bits per heavy atom. The standard InChI is InChI=1S/C46H81NO2/c1-5-7-9-11-13-15-17-19-21-23-25-27-29-31-33-35-37-45(49-46(48)43-39-41-44(42-40-43)47(3)4)38-36-34-32-30-28-26-24-22-20-18-16-14-12-10-8-6-2/h7,9,13-16,19-22,43-45H,5-6,8,10-12,17-18,23-42H2,1-4H3/b9-7-,15-13-,16-14-,21-19-,22-20-. The van der Waals surface area contributed by atoms with E-state index < -0.39 is 0 Å². The van der Waals surface area contributed by atoms with Crippen LogP contribution in [0.2, 0.25) is 0 Å². The molecule has 1 aliphatic rings. The Morgan fingerprint density at radius 1 is 0.551 bits per heavy atom. The van der Waals surface area contributed by atoms with Crippen molar-refractivity contribution in [3.8, 4) is 0 Å². The summed E-state index contributed by atoms with van der Waals surface area (Å²) in [4.78, 5) is 15.5. The van der Waals surface area contributed by atoms with Gasteiger partial charge in [0.2, 0.25) is 0 Å². The van der Waals surface area contributed by atoms with Gasteiger partial charge in [-0.3, -0.25) is 4.79 Å². The van der Waals surface area contributed by atoms with E-state index in [9.17, 15) is 4.79 Å². The summed E-state index contributed by atoms with van der Waals surface area (Å²) >= 11 is 0. The maximum Gasteiger partial charge on any atom is 0.309 e. The molecule has 0 aliphatic heterocycles. The molecule has 1 atom stereocenters. The van der Waals surface area contributed by atoms with Gasteiger partial charge in [0.15, 0.2) is 0 Å². The number of rotatable bonds is 32. The molecule has 1 fully saturated rings. The monoisotopic (exact) mass is 680 g/mol. The zero-order valence-corrected chi connectivity index (χ0v) is 33.1. The van der Waals surface area contributed by atoms with E-state index in [-0.39, 0.29) is 18.0 Å². The first kappa shape index (κ1) is 45.2. The zero-order chi connectivity index (χ0) is 35.5. The lowest BCUT2D eigenvalue weighted by molar-refractivity contribution is -0.156. The largest absolute Gasteiger partial charge is 0.462 e. The molecule has 0 N–H and O–H groups in total. The molecule has 0 amide bonds. The van der Waals surface area contributed by atoms with Crippen LogP contribution in [0.5, 0.6) is 0 Å². The minimum absolute atomic E-state index is 0.0964. The summed E-state index contributed by atoms with van der Waals surface area (Å²) in [6, 6.07) is 0.620. The van der Waals surface area contributed by atoms with E-state index in [1.165, 1.54) is 116 Å². The van der Waals surface area contributed by atoms with Crippen LogP contribution in [0.15, 0.2) is 60.8 Å². The molecule has 282 valence electrons. The highest BCUT2D eigenvalue weighted by atomic mass is 16.5. The minimum Gasteiger partial charge on any atom is -0.462 e. The van der Waals surface area contributed by atoms with Crippen molar-refractivity contribution in [3.05, 3.63) is 60.8 Å². The van der Waals surface area contributed by atoms with Gasteiger partial charge in [-0.2, -0.15) is 0 Å². The highest BCUT2D eigenvalue weighted by Crippen LogP contribution is 2.29. The Balaban J connectivity index is 2.24. The van der Waals surface area contributed by atoms with E-state index in [1.807, 2.05) is 0 Å². The number of hydrogen-bond donors (Lipinski definition) is 0. The number of allylic oxidation sites excluding steroid dienone is 10. The van der Waals surface area contributed by atoms with E-state index in [0.717, 1.165) is 64.2 Å². The van der Waals surface area contributed by atoms with Crippen LogP contribution < -0.4 is 0 Å². The minimum atomic E-state index is 0.0964. The van der Waals surface area contributed by atoms with Crippen molar-refractivity contribution in [2.75, 3.05) is 14.1 Å². The molecule has 0 heterocycles. The molecule has 1 aliphatic carbocycles. The van der Waals surface area contributed by atoms with Crippen molar-refractivity contribution in [1.82, 2.24) is 4.90 Å². The van der Waals surface area contributed by atoms with E-state index in [0.29, 0.717) is 6.04 Å². The van der Waals surface area contributed by atoms with Gasteiger partial charge in [0.1, 0.15) is 6.10 Å². The predicted octanol–water partition coefficient (Wildman–Crippen LogP) is 14.2. The Morgan fingerprint density at radius 2 is 0.959 bits per heavy atom. The molecule has 1 rings (SSSR count). The highest BCUT2D eigenvalue weighted by molar-refractivity contribution is 5.72. The van der Waals surface area contributed by atoms with Crippen molar-refractivity contribution >= 4 is 5.97 Å². The number of nitrogens with zero attached hydrogens (tertiary/aromatic N) is 1. The Hall–Kier alpha value is -1.87. The third-order valence-corrected chi connectivity index (χ3v) is 10.2. The van der Waals surface area contributed by atoms with Crippen molar-refractivity contribution in [2.24, 2.45) is 5.92 Å². The molecular weight excluding hydrogens is 599 g/mol. The fourth-order valence-corrected chi connectivity index (χ4v) is 6.88. The van der Waals surface area contributed by atoms with E-state index in [1.54, 1.807) is 0 Å². The molecule has 3 nitrogen and oxygen atoms in total. The molecule has 0 radical (unpaired) electrons. The Bertz CT molecular complexity index is 874. The van der Waals surface area contributed by atoms with Crippen LogP contribution in [0, 0.1) is 5.92 Å². The molecule has 3 heteroatoms. The van der Waals surface area contributed by atoms with E-state index in [2.05, 4.69) is 93.6 Å². The van der Waals surface area contributed by atoms with Crippen LogP contribution >= 0.6 is 0 Å². The molecule has 0 saturated heterocycles. The summed E-state index contributed by atoms with van der Waals surface area (Å²) in [5.74, 6) is 0.210. The van der Waals surface area contributed by atoms with Gasteiger partial charge in [0, 0.05) is 6.04 Å².